The maximum atomic E-state index is 4.22. The minimum atomic E-state index is -0.103. The first-order valence-corrected chi connectivity index (χ1v) is 18.5. The van der Waals surface area contributed by atoms with E-state index in [0.717, 1.165) is 28.2 Å². The Morgan fingerprint density at radius 3 is 1.83 bits per heavy atom. The summed E-state index contributed by atoms with van der Waals surface area (Å²) in [7, 11) is 0. The normalized spacial score (nSPS) is 12.7. The van der Waals surface area contributed by atoms with Crippen molar-refractivity contribution in [1.29, 1.82) is 0 Å². The highest BCUT2D eigenvalue weighted by Crippen LogP contribution is 2.54. The molecule has 0 unspecified atom stereocenters. The third-order valence-corrected chi connectivity index (χ3v) is 11.1. The van der Waals surface area contributed by atoms with Gasteiger partial charge in [-0.3, -0.25) is 0 Å². The molecule has 0 aromatic heterocycles. The zero-order valence-corrected chi connectivity index (χ0v) is 30.5. The largest absolute Gasteiger partial charge is 0.310 e. The fourth-order valence-corrected chi connectivity index (χ4v) is 8.33. The molecule has 1 aliphatic carbocycles. The van der Waals surface area contributed by atoms with E-state index in [0.29, 0.717) is 0 Å². The Morgan fingerprint density at radius 1 is 0.472 bits per heavy atom. The summed E-state index contributed by atoms with van der Waals surface area (Å²) in [5.74, 6) is 0. The number of nitrogens with zero attached hydrogens (tertiary/aromatic N) is 1. The summed E-state index contributed by atoms with van der Waals surface area (Å²) in [5, 5.41) is 2.51. The summed E-state index contributed by atoms with van der Waals surface area (Å²) in [6.45, 7) is 11.0. The number of hydrogen-bond acceptors (Lipinski definition) is 1. The molecule has 0 fully saturated rings. The number of fused-ring (bicyclic) bond motifs is 4. The Hall–Kier alpha value is -6.44. The third-order valence-electron chi connectivity index (χ3n) is 11.1. The first-order chi connectivity index (χ1) is 25.9. The SMILES string of the molecule is C=C(C)c1ccc(N(c2ccc(-c3cccc4ccccc34)cc2)c2ccc(-c3ccccc3)cc2-c2cccc3c2-c2ccccc2C3(C)C)cc1. The molecule has 254 valence electrons. The second kappa shape index (κ2) is 13.0. The molecule has 8 aromatic carbocycles. The van der Waals surface area contributed by atoms with Crippen LogP contribution in [0.2, 0.25) is 0 Å². The monoisotopic (exact) mass is 679 g/mol. The number of anilines is 3. The molecule has 0 saturated heterocycles. The van der Waals surface area contributed by atoms with Gasteiger partial charge < -0.3 is 4.90 Å². The fourth-order valence-electron chi connectivity index (χ4n) is 8.33. The molecule has 9 rings (SSSR count). The zero-order chi connectivity index (χ0) is 36.1. The molecule has 1 nitrogen and oxygen atoms in total. The van der Waals surface area contributed by atoms with Crippen molar-refractivity contribution in [3.63, 3.8) is 0 Å². The van der Waals surface area contributed by atoms with Crippen molar-refractivity contribution >= 4 is 33.4 Å². The fraction of sp³-hybridized carbons (Fsp3) is 0.0769. The third kappa shape index (κ3) is 5.57. The van der Waals surface area contributed by atoms with E-state index in [9.17, 15) is 0 Å². The summed E-state index contributed by atoms with van der Waals surface area (Å²) >= 11 is 0. The maximum Gasteiger partial charge on any atom is 0.0540 e. The Morgan fingerprint density at radius 2 is 1.06 bits per heavy atom. The molecule has 1 aliphatic rings. The second-order valence-electron chi connectivity index (χ2n) is 14.7. The molecule has 0 saturated carbocycles. The average molecular weight is 680 g/mol. The standard InChI is InChI=1S/C52H41N/c1-35(2)36-24-29-41(30-25-36)53(42-31-26-39(27-32-42)44-20-12-17-38-16-8-9-18-43(38)44)50-33-28-40(37-14-6-5-7-15-37)34-47(50)45-21-13-23-49-51(45)46-19-10-11-22-48(46)52(49,3)4/h5-34H,1H2,2-4H3. The van der Waals surface area contributed by atoms with Crippen molar-refractivity contribution in [2.45, 2.75) is 26.2 Å². The quantitative estimate of drug-likeness (QED) is 0.162. The van der Waals surface area contributed by atoms with E-state index in [1.807, 2.05) is 0 Å². The highest BCUT2D eigenvalue weighted by molar-refractivity contribution is 6.00. The summed E-state index contributed by atoms with van der Waals surface area (Å²) in [5.41, 5.74) is 18.0. The molecule has 0 spiro atoms. The van der Waals surface area contributed by atoms with E-state index >= 15 is 0 Å². The van der Waals surface area contributed by atoms with E-state index < -0.39 is 0 Å². The predicted molar refractivity (Wildman–Crippen MR) is 227 cm³/mol. The van der Waals surface area contributed by atoms with E-state index in [1.165, 1.54) is 66.4 Å². The van der Waals surface area contributed by atoms with Gasteiger partial charge in [-0.2, -0.15) is 0 Å². The highest BCUT2D eigenvalue weighted by Gasteiger charge is 2.37. The van der Waals surface area contributed by atoms with Crippen LogP contribution in [0.15, 0.2) is 189 Å². The molecule has 0 radical (unpaired) electrons. The molecule has 1 heteroatoms. The van der Waals surface area contributed by atoms with Crippen LogP contribution < -0.4 is 4.90 Å². The summed E-state index contributed by atoms with van der Waals surface area (Å²) < 4.78 is 0. The average Bonchev–Trinajstić information content (AvgIpc) is 3.45. The molecule has 0 N–H and O–H groups in total. The van der Waals surface area contributed by atoms with Crippen LogP contribution in [0.25, 0.3) is 60.9 Å². The lowest BCUT2D eigenvalue weighted by Gasteiger charge is -2.29. The van der Waals surface area contributed by atoms with Crippen LogP contribution in [0, 0.1) is 0 Å². The van der Waals surface area contributed by atoms with Crippen molar-refractivity contribution in [1.82, 2.24) is 0 Å². The van der Waals surface area contributed by atoms with Gasteiger partial charge in [0, 0.05) is 22.4 Å². The molecule has 0 amide bonds. The van der Waals surface area contributed by atoms with Crippen LogP contribution >= 0.6 is 0 Å². The van der Waals surface area contributed by atoms with Crippen molar-refractivity contribution in [2.75, 3.05) is 4.90 Å². The number of rotatable bonds is 7. The van der Waals surface area contributed by atoms with Gasteiger partial charge in [0.1, 0.15) is 0 Å². The first-order valence-electron chi connectivity index (χ1n) is 18.5. The van der Waals surface area contributed by atoms with E-state index in [-0.39, 0.29) is 5.41 Å². The maximum absolute atomic E-state index is 4.22. The molecule has 53 heavy (non-hydrogen) atoms. The van der Waals surface area contributed by atoms with E-state index in [1.54, 1.807) is 0 Å². The van der Waals surface area contributed by atoms with E-state index in [2.05, 4.69) is 214 Å². The topological polar surface area (TPSA) is 3.24 Å². The molecule has 8 aromatic rings. The molecule has 0 bridgehead atoms. The van der Waals surface area contributed by atoms with Gasteiger partial charge in [0.05, 0.1) is 5.69 Å². The van der Waals surface area contributed by atoms with Gasteiger partial charge >= 0.3 is 0 Å². The van der Waals surface area contributed by atoms with Crippen molar-refractivity contribution < 1.29 is 0 Å². The Kier molecular flexibility index (Phi) is 7.94. The van der Waals surface area contributed by atoms with Crippen molar-refractivity contribution in [3.8, 4) is 44.5 Å². The van der Waals surface area contributed by atoms with Crippen molar-refractivity contribution in [3.05, 3.63) is 205 Å². The number of hydrogen-bond donors (Lipinski definition) is 0. The second-order valence-corrected chi connectivity index (χ2v) is 14.7. The lowest BCUT2D eigenvalue weighted by Crippen LogP contribution is -2.15. The zero-order valence-electron chi connectivity index (χ0n) is 30.5. The minimum Gasteiger partial charge on any atom is -0.310 e. The van der Waals surface area contributed by atoms with Gasteiger partial charge in [-0.15, -0.1) is 0 Å². The lowest BCUT2D eigenvalue weighted by molar-refractivity contribution is 0.660. The van der Waals surface area contributed by atoms with E-state index in [4.69, 9.17) is 0 Å². The molecular formula is C52H41N. The number of allylic oxidation sites excluding steroid dienone is 1. The van der Waals surface area contributed by atoms with Crippen LogP contribution in [0.5, 0.6) is 0 Å². The van der Waals surface area contributed by atoms with Crippen LogP contribution in [0.4, 0.5) is 17.1 Å². The highest BCUT2D eigenvalue weighted by atomic mass is 15.1. The smallest absolute Gasteiger partial charge is 0.0540 e. The van der Waals surface area contributed by atoms with Gasteiger partial charge in [0.25, 0.3) is 0 Å². The molecule has 0 atom stereocenters. The minimum absolute atomic E-state index is 0.103. The van der Waals surface area contributed by atoms with Gasteiger partial charge in [-0.05, 0) is 110 Å². The summed E-state index contributed by atoms with van der Waals surface area (Å²) in [4.78, 5) is 2.42. The van der Waals surface area contributed by atoms with Crippen LogP contribution in [-0.4, -0.2) is 0 Å². The lowest BCUT2D eigenvalue weighted by atomic mass is 9.82. The Balaban J connectivity index is 1.28. The van der Waals surface area contributed by atoms with Gasteiger partial charge in [-0.1, -0.05) is 172 Å². The van der Waals surface area contributed by atoms with Gasteiger partial charge in [0.15, 0.2) is 0 Å². The summed E-state index contributed by atoms with van der Waals surface area (Å²) in [6, 6.07) is 66.6. The predicted octanol–water partition coefficient (Wildman–Crippen LogP) is 14.6. The first kappa shape index (κ1) is 32.5. The molecule has 0 heterocycles. The molecular weight excluding hydrogens is 639 g/mol. The molecule has 0 aliphatic heterocycles. The van der Waals surface area contributed by atoms with Crippen LogP contribution in [-0.2, 0) is 5.41 Å². The van der Waals surface area contributed by atoms with Crippen molar-refractivity contribution in [2.24, 2.45) is 0 Å². The van der Waals surface area contributed by atoms with Crippen LogP contribution in [0.3, 0.4) is 0 Å². The van der Waals surface area contributed by atoms with Crippen LogP contribution in [0.1, 0.15) is 37.5 Å². The van der Waals surface area contributed by atoms with Gasteiger partial charge in [-0.25, -0.2) is 0 Å². The Bertz CT molecular complexity index is 2640. The van der Waals surface area contributed by atoms with Gasteiger partial charge in [0.2, 0.25) is 0 Å². The number of benzene rings is 8. The Labute approximate surface area is 313 Å². The summed E-state index contributed by atoms with van der Waals surface area (Å²) in [6.07, 6.45) is 0.